The lowest BCUT2D eigenvalue weighted by atomic mass is 10.1. The van der Waals surface area contributed by atoms with Gasteiger partial charge in [0, 0.05) is 13.0 Å². The van der Waals surface area contributed by atoms with Crippen LogP contribution in [0.15, 0.2) is 34.9 Å². The van der Waals surface area contributed by atoms with Gasteiger partial charge in [-0.15, -0.1) is 0 Å². The summed E-state index contributed by atoms with van der Waals surface area (Å²) >= 11 is 0. The molecule has 2 nitrogen and oxygen atoms in total. The molecule has 0 bridgehead atoms. The molecule has 1 N–H and O–H groups in total. The minimum absolute atomic E-state index is 0.115. The predicted molar refractivity (Wildman–Crippen MR) is 88.7 cm³/mol. The molecule has 0 spiro atoms. The summed E-state index contributed by atoms with van der Waals surface area (Å²) in [4.78, 5) is 11.1. The quantitative estimate of drug-likeness (QED) is 0.595. The molecule has 0 atom stereocenters. The van der Waals surface area contributed by atoms with E-state index < -0.39 is 0 Å². The average molecular weight is 277 g/mol. The van der Waals surface area contributed by atoms with Crippen LogP contribution in [0.2, 0.25) is 0 Å². The van der Waals surface area contributed by atoms with Crippen molar-refractivity contribution < 1.29 is 4.79 Å². The van der Waals surface area contributed by atoms with E-state index in [1.807, 2.05) is 6.92 Å². The second kappa shape index (κ2) is 11.5. The third-order valence-electron chi connectivity index (χ3n) is 3.19. The van der Waals surface area contributed by atoms with Gasteiger partial charge in [0.15, 0.2) is 0 Å². The molecule has 0 aromatic carbocycles. The summed E-state index contributed by atoms with van der Waals surface area (Å²) in [6.07, 6.45) is 11.7. The van der Waals surface area contributed by atoms with E-state index in [1.165, 1.54) is 16.7 Å². The molecule has 0 saturated heterocycles. The summed E-state index contributed by atoms with van der Waals surface area (Å²) in [5, 5.41) is 2.86. The first-order chi connectivity index (χ1) is 9.45. The molecule has 0 radical (unpaired) electrons. The molecule has 20 heavy (non-hydrogen) atoms. The molecule has 0 saturated carbocycles. The lowest BCUT2D eigenvalue weighted by molar-refractivity contribution is -0.120. The smallest absolute Gasteiger partial charge is 0.219 e. The number of allylic oxidation sites excluding steroid dienone is 5. The molecule has 0 rings (SSSR count). The van der Waals surface area contributed by atoms with Gasteiger partial charge in [-0.1, -0.05) is 41.9 Å². The minimum atomic E-state index is 0.115. The van der Waals surface area contributed by atoms with E-state index in [9.17, 15) is 4.79 Å². The molecule has 2 heteroatoms. The van der Waals surface area contributed by atoms with E-state index in [-0.39, 0.29) is 5.91 Å². The van der Waals surface area contributed by atoms with Crippen LogP contribution in [0.25, 0.3) is 0 Å². The summed E-state index contributed by atoms with van der Waals surface area (Å²) in [7, 11) is 0. The van der Waals surface area contributed by atoms with Crippen LogP contribution in [-0.4, -0.2) is 12.5 Å². The fraction of sp³-hybridized carbons (Fsp3) is 0.611. The van der Waals surface area contributed by atoms with Crippen molar-refractivity contribution in [1.82, 2.24) is 5.32 Å². The first-order valence-electron chi connectivity index (χ1n) is 7.67. The fourth-order valence-corrected chi connectivity index (χ4v) is 1.80. The molecule has 0 aliphatic carbocycles. The molecule has 0 fully saturated rings. The van der Waals surface area contributed by atoms with Crippen molar-refractivity contribution in [3.63, 3.8) is 0 Å². The van der Waals surface area contributed by atoms with Gasteiger partial charge in [0.25, 0.3) is 0 Å². The van der Waals surface area contributed by atoms with Crippen LogP contribution in [0.5, 0.6) is 0 Å². The lowest BCUT2D eigenvalue weighted by Gasteiger charge is -2.03. The normalized spacial score (nSPS) is 12.2. The van der Waals surface area contributed by atoms with E-state index in [4.69, 9.17) is 0 Å². The van der Waals surface area contributed by atoms with Crippen molar-refractivity contribution in [2.24, 2.45) is 0 Å². The highest BCUT2D eigenvalue weighted by molar-refractivity contribution is 5.75. The number of carbonyl (C=O) groups excluding carboxylic acids is 1. The third-order valence-corrected chi connectivity index (χ3v) is 3.19. The Morgan fingerprint density at radius 2 is 1.45 bits per heavy atom. The monoisotopic (exact) mass is 277 g/mol. The van der Waals surface area contributed by atoms with Gasteiger partial charge in [0.05, 0.1) is 0 Å². The van der Waals surface area contributed by atoms with Gasteiger partial charge in [0.1, 0.15) is 0 Å². The van der Waals surface area contributed by atoms with Gasteiger partial charge >= 0.3 is 0 Å². The Morgan fingerprint density at radius 1 is 0.900 bits per heavy atom. The highest BCUT2D eigenvalue weighted by Crippen LogP contribution is 2.11. The number of hydrogen-bond acceptors (Lipinski definition) is 1. The summed E-state index contributed by atoms with van der Waals surface area (Å²) in [6.45, 7) is 11.1. The van der Waals surface area contributed by atoms with Crippen LogP contribution in [0.1, 0.15) is 66.7 Å². The first-order valence-corrected chi connectivity index (χ1v) is 7.67. The van der Waals surface area contributed by atoms with Gasteiger partial charge in [-0.2, -0.15) is 0 Å². The van der Waals surface area contributed by atoms with Gasteiger partial charge in [-0.05, 0) is 53.4 Å². The van der Waals surface area contributed by atoms with Crippen LogP contribution in [0.3, 0.4) is 0 Å². The first kappa shape index (κ1) is 18.7. The summed E-state index contributed by atoms with van der Waals surface area (Å²) < 4.78 is 0. The summed E-state index contributed by atoms with van der Waals surface area (Å²) in [6, 6.07) is 0. The Bertz CT molecular complexity index is 371. The van der Waals surface area contributed by atoms with Crippen molar-refractivity contribution in [3.05, 3.63) is 34.9 Å². The zero-order valence-electron chi connectivity index (χ0n) is 13.9. The SMILES string of the molecule is CCC(=O)NC/C=C(/C)CC/C=C(/C)CCC=C(C)C. The Morgan fingerprint density at radius 3 is 2.00 bits per heavy atom. The second-order valence-corrected chi connectivity index (χ2v) is 5.62. The number of hydrogen-bond donors (Lipinski definition) is 1. The van der Waals surface area contributed by atoms with E-state index in [1.54, 1.807) is 0 Å². The molecule has 0 aromatic heterocycles. The van der Waals surface area contributed by atoms with Crippen molar-refractivity contribution in [1.29, 1.82) is 0 Å². The van der Waals surface area contributed by atoms with Gasteiger partial charge in [-0.3, -0.25) is 4.79 Å². The molecule has 114 valence electrons. The van der Waals surface area contributed by atoms with Crippen molar-refractivity contribution >= 4 is 5.91 Å². The van der Waals surface area contributed by atoms with Crippen LogP contribution >= 0.6 is 0 Å². The standard InChI is InChI=1S/C18H31NO/c1-6-18(20)19-14-13-17(5)12-8-11-16(4)10-7-9-15(2)3/h9,11,13H,6-8,10,12,14H2,1-5H3,(H,19,20)/b16-11-,17-13-. The Balaban J connectivity index is 3.88. The van der Waals surface area contributed by atoms with Crippen LogP contribution in [-0.2, 0) is 4.79 Å². The highest BCUT2D eigenvalue weighted by atomic mass is 16.1. The molecule has 0 heterocycles. The topological polar surface area (TPSA) is 29.1 Å². The Hall–Kier alpha value is -1.31. The van der Waals surface area contributed by atoms with Crippen molar-refractivity contribution in [2.75, 3.05) is 6.54 Å². The Labute approximate surface area is 125 Å². The maximum atomic E-state index is 11.1. The van der Waals surface area contributed by atoms with Gasteiger partial charge in [-0.25, -0.2) is 0 Å². The Kier molecular flexibility index (Phi) is 10.8. The molecule has 0 aliphatic rings. The van der Waals surface area contributed by atoms with E-state index >= 15 is 0 Å². The average Bonchev–Trinajstić information content (AvgIpc) is 2.38. The molecular weight excluding hydrogens is 246 g/mol. The van der Waals surface area contributed by atoms with E-state index in [2.05, 4.69) is 51.2 Å². The van der Waals surface area contributed by atoms with E-state index in [0.717, 1.165) is 25.7 Å². The number of amides is 1. The molecule has 1 amide bonds. The molecular formula is C18H31NO. The summed E-state index contributed by atoms with van der Waals surface area (Å²) in [5.41, 5.74) is 4.20. The van der Waals surface area contributed by atoms with Crippen molar-refractivity contribution in [2.45, 2.75) is 66.7 Å². The van der Waals surface area contributed by atoms with Crippen molar-refractivity contribution in [3.8, 4) is 0 Å². The predicted octanol–water partition coefficient (Wildman–Crippen LogP) is 4.93. The van der Waals surface area contributed by atoms with E-state index in [0.29, 0.717) is 13.0 Å². The zero-order chi connectivity index (χ0) is 15.4. The minimum Gasteiger partial charge on any atom is -0.353 e. The van der Waals surface area contributed by atoms with Crippen LogP contribution in [0.4, 0.5) is 0 Å². The summed E-state index contributed by atoms with van der Waals surface area (Å²) in [5.74, 6) is 0.115. The lowest BCUT2D eigenvalue weighted by Crippen LogP contribution is -2.22. The fourth-order valence-electron chi connectivity index (χ4n) is 1.80. The molecule has 0 unspecified atom stereocenters. The zero-order valence-corrected chi connectivity index (χ0v) is 13.9. The maximum absolute atomic E-state index is 11.1. The van der Waals surface area contributed by atoms with Crippen LogP contribution in [0, 0.1) is 0 Å². The number of nitrogens with one attached hydrogen (secondary N) is 1. The maximum Gasteiger partial charge on any atom is 0.219 e. The molecule has 0 aliphatic heterocycles. The molecule has 0 aromatic rings. The van der Waals surface area contributed by atoms with Crippen LogP contribution < -0.4 is 5.32 Å². The largest absolute Gasteiger partial charge is 0.353 e. The highest BCUT2D eigenvalue weighted by Gasteiger charge is 1.94. The number of rotatable bonds is 9. The second-order valence-electron chi connectivity index (χ2n) is 5.62. The number of carbonyl (C=O) groups is 1. The van der Waals surface area contributed by atoms with Gasteiger partial charge in [0.2, 0.25) is 5.91 Å². The van der Waals surface area contributed by atoms with Gasteiger partial charge < -0.3 is 5.32 Å². The third kappa shape index (κ3) is 11.8.